The number of nitrogens with zero attached hydrogens (tertiary/aromatic N) is 1. The van der Waals surface area contributed by atoms with Crippen molar-refractivity contribution < 1.29 is 14.6 Å². The molecule has 0 saturated heterocycles. The second kappa shape index (κ2) is 12.4. The number of hydrogen-bond acceptors (Lipinski definition) is 5. The monoisotopic (exact) mass is 610 g/mol. The number of ether oxygens (including phenoxy) is 1. The summed E-state index contributed by atoms with van der Waals surface area (Å²) in [6.45, 7) is 2.62. The lowest BCUT2D eigenvalue weighted by Crippen LogP contribution is -2.52. The molecule has 2 heterocycles. The van der Waals surface area contributed by atoms with Crippen LogP contribution in [0.3, 0.4) is 0 Å². The highest BCUT2D eigenvalue weighted by Crippen LogP contribution is 2.55. The second-order valence-corrected chi connectivity index (χ2v) is 12.9. The molecule has 1 fully saturated rings. The fraction of sp³-hybridized carbons (Fsp3) is 0.333. The molecule has 0 aliphatic heterocycles. The van der Waals surface area contributed by atoms with Crippen LogP contribution in [0, 0.1) is 17.8 Å². The summed E-state index contributed by atoms with van der Waals surface area (Å²) in [5.41, 5.74) is 4.22. The average molecular weight is 611 g/mol. The first kappa shape index (κ1) is 29.3. The molecule has 220 valence electrons. The molecule has 0 bridgehead atoms. The standard InChI is InChI=1S/C36H35ClN2O3S/c1-2-3-4-8-25(24-42-32-13-19-38-31-14-20-43-33(31)32)21-27-22-26-9-5-6-12-30(26)35(27)15-17-36(18-16-35,34(40)41)39-29-11-7-10-28(37)23-29/h5-7,9-14,19-20,22-23,25,39H,2-3,15-18,21,24H2,1H3,(H,40,41)/t25-,35?,36?/m0/s1. The van der Waals surface area contributed by atoms with Gasteiger partial charge in [0.05, 0.1) is 16.1 Å². The van der Waals surface area contributed by atoms with Gasteiger partial charge in [0.15, 0.2) is 0 Å². The lowest BCUT2D eigenvalue weighted by Gasteiger charge is -2.46. The van der Waals surface area contributed by atoms with Crippen molar-refractivity contribution in [2.45, 2.75) is 62.8 Å². The third-order valence-corrected chi connectivity index (χ3v) is 10.0. The van der Waals surface area contributed by atoms with E-state index in [1.165, 1.54) is 16.7 Å². The maximum absolute atomic E-state index is 12.8. The zero-order valence-corrected chi connectivity index (χ0v) is 25.8. The van der Waals surface area contributed by atoms with Gasteiger partial charge in [0.1, 0.15) is 17.9 Å². The Labute approximate surface area is 262 Å². The quantitative estimate of drug-likeness (QED) is 0.185. The summed E-state index contributed by atoms with van der Waals surface area (Å²) in [5.74, 6) is 6.94. The number of unbranched alkanes of at least 4 members (excludes halogenated alkanes) is 1. The van der Waals surface area contributed by atoms with Crippen LogP contribution in [0.25, 0.3) is 16.3 Å². The van der Waals surface area contributed by atoms with Crippen molar-refractivity contribution in [1.82, 2.24) is 4.98 Å². The minimum Gasteiger partial charge on any atom is -0.491 e. The smallest absolute Gasteiger partial charge is 0.329 e. The largest absolute Gasteiger partial charge is 0.491 e. The van der Waals surface area contributed by atoms with Gasteiger partial charge in [-0.1, -0.05) is 66.4 Å². The average Bonchev–Trinajstić information content (AvgIpc) is 3.61. The molecule has 2 aliphatic carbocycles. The molecule has 1 saturated carbocycles. The van der Waals surface area contributed by atoms with E-state index in [0.717, 1.165) is 53.8 Å². The zero-order valence-electron chi connectivity index (χ0n) is 24.2. The van der Waals surface area contributed by atoms with Crippen LogP contribution in [0.4, 0.5) is 5.69 Å². The van der Waals surface area contributed by atoms with Gasteiger partial charge in [0.25, 0.3) is 0 Å². The second-order valence-electron chi connectivity index (χ2n) is 11.6. The number of carbonyl (C=O) groups is 1. The van der Waals surface area contributed by atoms with E-state index in [1.54, 1.807) is 29.7 Å². The Morgan fingerprint density at radius 1 is 1.14 bits per heavy atom. The van der Waals surface area contributed by atoms with E-state index in [4.69, 9.17) is 16.3 Å². The van der Waals surface area contributed by atoms with E-state index in [-0.39, 0.29) is 11.3 Å². The molecular weight excluding hydrogens is 576 g/mol. The Morgan fingerprint density at radius 2 is 1.98 bits per heavy atom. The van der Waals surface area contributed by atoms with E-state index in [9.17, 15) is 9.90 Å². The maximum Gasteiger partial charge on any atom is 0.329 e. The number of carboxylic acid groups (broad SMARTS) is 1. The van der Waals surface area contributed by atoms with Crippen LogP contribution in [-0.2, 0) is 10.2 Å². The highest BCUT2D eigenvalue weighted by atomic mass is 35.5. The lowest BCUT2D eigenvalue weighted by molar-refractivity contribution is -0.143. The zero-order chi connectivity index (χ0) is 29.9. The van der Waals surface area contributed by atoms with Gasteiger partial charge < -0.3 is 15.2 Å². The Balaban J connectivity index is 1.27. The van der Waals surface area contributed by atoms with Crippen LogP contribution >= 0.6 is 22.9 Å². The molecule has 0 radical (unpaired) electrons. The number of halogens is 1. The number of aromatic nitrogens is 1. The van der Waals surface area contributed by atoms with Crippen molar-refractivity contribution in [2.75, 3.05) is 11.9 Å². The van der Waals surface area contributed by atoms with E-state index in [0.29, 0.717) is 24.5 Å². The fourth-order valence-electron chi connectivity index (χ4n) is 6.65. The van der Waals surface area contributed by atoms with Crippen molar-refractivity contribution in [3.63, 3.8) is 0 Å². The Kier molecular flexibility index (Phi) is 8.47. The number of benzene rings is 2. The topological polar surface area (TPSA) is 71.5 Å². The molecule has 0 amide bonds. The van der Waals surface area contributed by atoms with Gasteiger partial charge >= 0.3 is 5.97 Å². The van der Waals surface area contributed by atoms with E-state index in [2.05, 4.69) is 59.4 Å². The van der Waals surface area contributed by atoms with Crippen LogP contribution < -0.4 is 10.1 Å². The SMILES string of the molecule is CCCC#C[C@H](COc1ccnc2ccsc12)CC1=Cc2ccccc2C12CCC(Nc1cccc(Cl)c1)(C(=O)O)CC2. The molecule has 2 N–H and O–H groups in total. The molecule has 0 unspecified atom stereocenters. The summed E-state index contributed by atoms with van der Waals surface area (Å²) in [5, 5.41) is 16.4. The number of anilines is 1. The molecule has 43 heavy (non-hydrogen) atoms. The first-order chi connectivity index (χ1) is 20.9. The van der Waals surface area contributed by atoms with E-state index < -0.39 is 11.5 Å². The van der Waals surface area contributed by atoms with Gasteiger partial charge in [-0.05, 0) is 85.4 Å². The summed E-state index contributed by atoms with van der Waals surface area (Å²) >= 11 is 7.86. The van der Waals surface area contributed by atoms with Crippen LogP contribution in [0.2, 0.25) is 5.02 Å². The Bertz CT molecular complexity index is 1720. The van der Waals surface area contributed by atoms with Gasteiger partial charge in [-0.15, -0.1) is 17.3 Å². The predicted octanol–water partition coefficient (Wildman–Crippen LogP) is 8.98. The van der Waals surface area contributed by atoms with Gasteiger partial charge in [-0.2, -0.15) is 0 Å². The molecule has 1 spiro atoms. The summed E-state index contributed by atoms with van der Waals surface area (Å²) in [6.07, 6.45) is 9.20. The number of fused-ring (bicyclic) bond motifs is 3. The Hall–Kier alpha value is -3.79. The van der Waals surface area contributed by atoms with Gasteiger partial charge in [0, 0.05) is 28.7 Å². The summed E-state index contributed by atoms with van der Waals surface area (Å²) in [6, 6.07) is 19.8. The van der Waals surface area contributed by atoms with Crippen LogP contribution in [-0.4, -0.2) is 28.2 Å². The van der Waals surface area contributed by atoms with E-state index in [1.807, 2.05) is 29.6 Å². The summed E-state index contributed by atoms with van der Waals surface area (Å²) in [7, 11) is 0. The molecular formula is C36H35ClN2O3S. The van der Waals surface area contributed by atoms with Crippen LogP contribution in [0.1, 0.15) is 63.0 Å². The summed E-state index contributed by atoms with van der Waals surface area (Å²) < 4.78 is 7.47. The van der Waals surface area contributed by atoms with Crippen molar-refractivity contribution in [1.29, 1.82) is 0 Å². The number of nitrogens with one attached hydrogen (secondary N) is 1. The van der Waals surface area contributed by atoms with Crippen molar-refractivity contribution in [3.05, 3.63) is 94.0 Å². The number of thiophene rings is 1. The highest BCUT2D eigenvalue weighted by Gasteiger charge is 2.51. The maximum atomic E-state index is 12.8. The molecule has 2 aliphatic rings. The minimum atomic E-state index is -1.06. The van der Waals surface area contributed by atoms with Crippen molar-refractivity contribution >= 4 is 50.9 Å². The Morgan fingerprint density at radius 3 is 2.77 bits per heavy atom. The number of rotatable bonds is 9. The van der Waals surface area contributed by atoms with Crippen LogP contribution in [0.15, 0.2) is 77.8 Å². The van der Waals surface area contributed by atoms with E-state index >= 15 is 0 Å². The normalized spacial score (nSPS) is 21.5. The summed E-state index contributed by atoms with van der Waals surface area (Å²) in [4.78, 5) is 17.2. The number of aliphatic carboxylic acids is 1. The van der Waals surface area contributed by atoms with Gasteiger partial charge in [0.2, 0.25) is 0 Å². The third kappa shape index (κ3) is 5.89. The predicted molar refractivity (Wildman–Crippen MR) is 176 cm³/mol. The number of allylic oxidation sites excluding steroid dienone is 1. The highest BCUT2D eigenvalue weighted by molar-refractivity contribution is 7.17. The molecule has 4 aromatic rings. The third-order valence-electron chi connectivity index (χ3n) is 8.89. The molecule has 1 atom stereocenters. The first-order valence-corrected chi connectivity index (χ1v) is 16.2. The number of pyridine rings is 1. The first-order valence-electron chi connectivity index (χ1n) is 14.9. The lowest BCUT2D eigenvalue weighted by atomic mass is 9.61. The molecule has 2 aromatic carbocycles. The van der Waals surface area contributed by atoms with Crippen molar-refractivity contribution in [2.24, 2.45) is 5.92 Å². The number of carboxylic acids is 1. The molecule has 5 nitrogen and oxygen atoms in total. The molecule has 2 aromatic heterocycles. The van der Waals surface area contributed by atoms with Crippen molar-refractivity contribution in [3.8, 4) is 17.6 Å². The molecule has 6 rings (SSSR count). The fourth-order valence-corrected chi connectivity index (χ4v) is 7.66. The van der Waals surface area contributed by atoms with Gasteiger partial charge in [-0.25, -0.2) is 4.79 Å². The van der Waals surface area contributed by atoms with Crippen LogP contribution in [0.5, 0.6) is 5.75 Å². The molecule has 7 heteroatoms. The minimum absolute atomic E-state index is 0.00269. The van der Waals surface area contributed by atoms with Gasteiger partial charge in [-0.3, -0.25) is 4.98 Å². The number of hydrogen-bond donors (Lipinski definition) is 2.